The molecule has 1 fully saturated rings. The summed E-state index contributed by atoms with van der Waals surface area (Å²) in [7, 11) is 3.60. The highest BCUT2D eigenvalue weighted by molar-refractivity contribution is 5.81. The van der Waals surface area contributed by atoms with E-state index in [-0.39, 0.29) is 5.91 Å². The van der Waals surface area contributed by atoms with Crippen molar-refractivity contribution in [1.82, 2.24) is 15.5 Å². The lowest BCUT2D eigenvalue weighted by atomic mass is 10.2. The van der Waals surface area contributed by atoms with E-state index in [0.717, 1.165) is 17.4 Å². The minimum absolute atomic E-state index is 0.131. The number of carbonyl (C=O) groups excluding carboxylic acids is 1. The van der Waals surface area contributed by atoms with Crippen molar-refractivity contribution in [3.63, 3.8) is 0 Å². The van der Waals surface area contributed by atoms with Gasteiger partial charge < -0.3 is 15.5 Å². The molecule has 1 aromatic carbocycles. The Morgan fingerprint density at radius 2 is 2.05 bits per heavy atom. The van der Waals surface area contributed by atoms with Crippen LogP contribution in [0.1, 0.15) is 25.3 Å². The first-order valence-corrected chi connectivity index (χ1v) is 7.85. The minimum Gasteiger partial charge on any atom is -0.356 e. The number of amides is 1. The number of guanidine groups is 1. The van der Waals surface area contributed by atoms with Gasteiger partial charge in [-0.05, 0) is 17.9 Å². The third-order valence-corrected chi connectivity index (χ3v) is 3.97. The molecule has 0 aliphatic heterocycles. The van der Waals surface area contributed by atoms with E-state index in [4.69, 9.17) is 0 Å². The van der Waals surface area contributed by atoms with E-state index in [0.29, 0.717) is 25.6 Å². The maximum absolute atomic E-state index is 12.1. The van der Waals surface area contributed by atoms with Crippen LogP contribution < -0.4 is 10.6 Å². The molecule has 2 atom stereocenters. The number of carbonyl (C=O) groups is 1. The zero-order valence-electron chi connectivity index (χ0n) is 13.7. The third-order valence-electron chi connectivity index (χ3n) is 3.97. The molecule has 1 aliphatic carbocycles. The summed E-state index contributed by atoms with van der Waals surface area (Å²) >= 11 is 0. The van der Waals surface area contributed by atoms with Gasteiger partial charge in [0.2, 0.25) is 5.91 Å². The van der Waals surface area contributed by atoms with Crippen molar-refractivity contribution >= 4 is 11.9 Å². The summed E-state index contributed by atoms with van der Waals surface area (Å²) in [6.45, 7) is 3.46. The predicted octanol–water partition coefficient (Wildman–Crippen LogP) is 1.61. The summed E-state index contributed by atoms with van der Waals surface area (Å²) in [4.78, 5) is 18.1. The zero-order valence-corrected chi connectivity index (χ0v) is 13.7. The van der Waals surface area contributed by atoms with Crippen molar-refractivity contribution in [2.45, 2.75) is 32.4 Å². The molecule has 5 heteroatoms. The van der Waals surface area contributed by atoms with Crippen LogP contribution in [0.25, 0.3) is 0 Å². The average Bonchev–Trinajstić information content (AvgIpc) is 3.22. The molecule has 22 heavy (non-hydrogen) atoms. The minimum atomic E-state index is 0.131. The van der Waals surface area contributed by atoms with E-state index >= 15 is 0 Å². The molecule has 1 amide bonds. The molecular weight excluding hydrogens is 276 g/mol. The molecule has 120 valence electrons. The van der Waals surface area contributed by atoms with Crippen LogP contribution in [0.15, 0.2) is 35.3 Å². The number of benzene rings is 1. The normalized spacial score (nSPS) is 20.4. The summed E-state index contributed by atoms with van der Waals surface area (Å²) < 4.78 is 0. The highest BCUT2D eigenvalue weighted by Gasteiger charge is 2.33. The Bertz CT molecular complexity index is 515. The highest BCUT2D eigenvalue weighted by Crippen LogP contribution is 2.28. The number of rotatable bonds is 6. The molecule has 0 heterocycles. The summed E-state index contributed by atoms with van der Waals surface area (Å²) in [5.41, 5.74) is 1.14. The molecule has 5 nitrogen and oxygen atoms in total. The standard InChI is InChI=1S/C17H26N4O/c1-13-11-15(13)20-17(18-2)19-10-9-16(22)21(3)12-14-7-5-4-6-8-14/h4-8,13,15H,9-12H2,1-3H3,(H2,18,19,20). The first kappa shape index (κ1) is 16.3. The summed E-state index contributed by atoms with van der Waals surface area (Å²) in [5, 5.41) is 6.55. The van der Waals surface area contributed by atoms with Crippen LogP contribution in [0, 0.1) is 5.92 Å². The second-order valence-corrected chi connectivity index (χ2v) is 5.95. The van der Waals surface area contributed by atoms with Crippen molar-refractivity contribution < 1.29 is 4.79 Å². The summed E-state index contributed by atoms with van der Waals surface area (Å²) in [6, 6.07) is 10.6. The number of hydrogen-bond donors (Lipinski definition) is 2. The zero-order chi connectivity index (χ0) is 15.9. The van der Waals surface area contributed by atoms with Crippen LogP contribution in [0.3, 0.4) is 0 Å². The molecule has 1 aliphatic rings. The summed E-state index contributed by atoms with van der Waals surface area (Å²) in [6.07, 6.45) is 1.66. The van der Waals surface area contributed by atoms with Crippen LogP contribution in [0.2, 0.25) is 0 Å². The Kier molecular flexibility index (Phi) is 5.81. The highest BCUT2D eigenvalue weighted by atomic mass is 16.2. The van der Waals surface area contributed by atoms with E-state index in [9.17, 15) is 4.79 Å². The summed E-state index contributed by atoms with van der Waals surface area (Å²) in [5.74, 6) is 1.64. The number of nitrogens with zero attached hydrogens (tertiary/aromatic N) is 2. The average molecular weight is 302 g/mol. The van der Waals surface area contributed by atoms with E-state index in [2.05, 4.69) is 22.5 Å². The van der Waals surface area contributed by atoms with Gasteiger partial charge in [0.1, 0.15) is 0 Å². The smallest absolute Gasteiger partial charge is 0.224 e. The number of hydrogen-bond acceptors (Lipinski definition) is 2. The lowest BCUT2D eigenvalue weighted by molar-refractivity contribution is -0.130. The molecule has 1 saturated carbocycles. The Hall–Kier alpha value is -2.04. The molecule has 2 rings (SSSR count). The largest absolute Gasteiger partial charge is 0.356 e. The van der Waals surface area contributed by atoms with E-state index in [1.807, 2.05) is 37.4 Å². The Balaban J connectivity index is 1.68. The van der Waals surface area contributed by atoms with Gasteiger partial charge in [-0.2, -0.15) is 0 Å². The lowest BCUT2D eigenvalue weighted by Crippen LogP contribution is -2.40. The van der Waals surface area contributed by atoms with Crippen LogP contribution in [0.5, 0.6) is 0 Å². The van der Waals surface area contributed by atoms with E-state index in [1.165, 1.54) is 6.42 Å². The van der Waals surface area contributed by atoms with Gasteiger partial charge in [0.05, 0.1) is 0 Å². The van der Waals surface area contributed by atoms with Gasteiger partial charge >= 0.3 is 0 Å². The lowest BCUT2D eigenvalue weighted by Gasteiger charge is -2.18. The number of aliphatic imine (C=N–C) groups is 1. The van der Waals surface area contributed by atoms with Crippen molar-refractivity contribution in [3.8, 4) is 0 Å². The second kappa shape index (κ2) is 7.82. The van der Waals surface area contributed by atoms with Crippen molar-refractivity contribution in [2.75, 3.05) is 20.6 Å². The molecule has 2 N–H and O–H groups in total. The number of nitrogens with one attached hydrogen (secondary N) is 2. The maximum atomic E-state index is 12.1. The van der Waals surface area contributed by atoms with Crippen LogP contribution in [-0.4, -0.2) is 43.4 Å². The molecule has 0 saturated heterocycles. The van der Waals surface area contributed by atoms with Gasteiger partial charge in [-0.15, -0.1) is 0 Å². The van der Waals surface area contributed by atoms with Crippen LogP contribution in [0.4, 0.5) is 0 Å². The van der Waals surface area contributed by atoms with Crippen LogP contribution in [-0.2, 0) is 11.3 Å². The Morgan fingerprint density at radius 3 is 2.64 bits per heavy atom. The fourth-order valence-electron chi connectivity index (χ4n) is 2.32. The molecule has 2 unspecified atom stereocenters. The fraction of sp³-hybridized carbons (Fsp3) is 0.529. The van der Waals surface area contributed by atoms with Crippen molar-refractivity contribution in [3.05, 3.63) is 35.9 Å². The Morgan fingerprint density at radius 1 is 1.36 bits per heavy atom. The monoisotopic (exact) mass is 302 g/mol. The molecule has 0 spiro atoms. The predicted molar refractivity (Wildman–Crippen MR) is 89.6 cm³/mol. The van der Waals surface area contributed by atoms with E-state index < -0.39 is 0 Å². The SMILES string of the molecule is CN=C(NCCC(=O)N(C)Cc1ccccc1)NC1CC1C. The van der Waals surface area contributed by atoms with Crippen LogP contribution >= 0.6 is 0 Å². The third kappa shape index (κ3) is 5.06. The first-order chi connectivity index (χ1) is 10.6. The molecular formula is C17H26N4O. The molecule has 0 aromatic heterocycles. The quantitative estimate of drug-likeness (QED) is 0.620. The fourth-order valence-corrected chi connectivity index (χ4v) is 2.32. The maximum Gasteiger partial charge on any atom is 0.224 e. The van der Waals surface area contributed by atoms with Crippen molar-refractivity contribution in [1.29, 1.82) is 0 Å². The van der Waals surface area contributed by atoms with Gasteiger partial charge in [0.25, 0.3) is 0 Å². The van der Waals surface area contributed by atoms with E-state index in [1.54, 1.807) is 11.9 Å². The van der Waals surface area contributed by atoms with Gasteiger partial charge in [0, 0.05) is 39.6 Å². The van der Waals surface area contributed by atoms with Gasteiger partial charge in [-0.3, -0.25) is 9.79 Å². The van der Waals surface area contributed by atoms with Gasteiger partial charge in [0.15, 0.2) is 5.96 Å². The van der Waals surface area contributed by atoms with Gasteiger partial charge in [-0.1, -0.05) is 37.3 Å². The second-order valence-electron chi connectivity index (χ2n) is 5.95. The van der Waals surface area contributed by atoms with Gasteiger partial charge in [-0.25, -0.2) is 0 Å². The molecule has 1 aromatic rings. The first-order valence-electron chi connectivity index (χ1n) is 7.85. The topological polar surface area (TPSA) is 56.7 Å². The molecule has 0 bridgehead atoms. The Labute approximate surface area is 132 Å². The molecule has 0 radical (unpaired) electrons. The van der Waals surface area contributed by atoms with Crippen molar-refractivity contribution in [2.24, 2.45) is 10.9 Å².